The number of hydrogen-bond acceptors (Lipinski definition) is 20. The highest BCUT2D eigenvalue weighted by molar-refractivity contribution is 5.80. The first-order valence-electron chi connectivity index (χ1n) is 28.1. The zero-order valence-electron chi connectivity index (χ0n) is 47.5. The maximum atomic E-state index is 14.6. The van der Waals surface area contributed by atoms with Crippen molar-refractivity contribution in [3.8, 4) is 0 Å². The minimum atomic E-state index is -2.33. The molecule has 0 aromatic rings. The van der Waals surface area contributed by atoms with E-state index in [9.17, 15) is 70.6 Å². The van der Waals surface area contributed by atoms with Crippen LogP contribution in [-0.2, 0) is 33.3 Å². The predicted molar refractivity (Wildman–Crippen MR) is 297 cm³/mol. The van der Waals surface area contributed by atoms with Gasteiger partial charge in [0.05, 0.1) is 91.6 Å². The number of hydrogen-bond donors (Lipinski definition) is 13. The van der Waals surface area contributed by atoms with Gasteiger partial charge in [0.25, 0.3) is 0 Å². The van der Waals surface area contributed by atoms with E-state index >= 15 is 0 Å². The molecule has 22 nitrogen and oxygen atoms in total. The molecule has 4 aliphatic heterocycles. The molecular weight excluding hydrogens is 1040 g/mol. The van der Waals surface area contributed by atoms with Crippen LogP contribution in [0.4, 0.5) is 0 Å². The lowest BCUT2D eigenvalue weighted by atomic mass is 9.81. The van der Waals surface area contributed by atoms with Crippen molar-refractivity contribution in [3.63, 3.8) is 0 Å². The number of amides is 2. The Morgan fingerprint density at radius 2 is 1.29 bits per heavy atom. The SMILES string of the molecule is CNCC(=O)N[C@@H]1[C@H](O)[C@H](O[C@H]2/C=C/C=C/C=C/C=C/C=C/C=C/C=C/[C@H](C)[C@@H](O)[C@@H](C)[C@H](C)OC(=O)C[C@H](O)C[C@H](O)CC[C@@H](O)[C@H](O)C[C@H](O)C[C@]3(O)C[C@H](O)[C@@H](C(=O)N4CCN(CC(C)(C)O)CC4)[C@H](C2)O3)O[C@H](C)[C@H]1O. The van der Waals surface area contributed by atoms with Crippen molar-refractivity contribution in [1.82, 2.24) is 20.4 Å². The molecule has 3 saturated heterocycles. The monoisotopic (exact) mass is 1130 g/mol. The summed E-state index contributed by atoms with van der Waals surface area (Å²) in [5.41, 5.74) is -0.989. The Labute approximate surface area is 471 Å². The van der Waals surface area contributed by atoms with E-state index in [1.54, 1.807) is 94.3 Å². The summed E-state index contributed by atoms with van der Waals surface area (Å²) in [6.45, 7) is 11.7. The summed E-state index contributed by atoms with van der Waals surface area (Å²) in [4.78, 5) is 43.7. The van der Waals surface area contributed by atoms with Crippen LogP contribution in [0, 0.1) is 17.8 Å². The number of esters is 1. The van der Waals surface area contributed by atoms with Crippen molar-refractivity contribution >= 4 is 17.8 Å². The van der Waals surface area contributed by atoms with Crippen molar-refractivity contribution in [1.29, 1.82) is 0 Å². The molecule has 19 atom stereocenters. The minimum absolute atomic E-state index is 0.114. The number of cyclic esters (lactones) is 1. The number of rotatable bonds is 8. The van der Waals surface area contributed by atoms with Gasteiger partial charge in [0.1, 0.15) is 18.3 Å². The van der Waals surface area contributed by atoms with Gasteiger partial charge in [-0.1, -0.05) is 98.9 Å². The number of piperazine rings is 1. The number of allylic oxidation sites excluding steroid dienone is 12. The number of nitrogens with one attached hydrogen (secondary N) is 2. The summed E-state index contributed by atoms with van der Waals surface area (Å²) >= 11 is 0. The van der Waals surface area contributed by atoms with Crippen LogP contribution in [0.15, 0.2) is 85.1 Å². The smallest absolute Gasteiger partial charge is 0.308 e. The second kappa shape index (κ2) is 33.3. The highest BCUT2D eigenvalue weighted by atomic mass is 16.7. The van der Waals surface area contributed by atoms with Gasteiger partial charge in [-0.3, -0.25) is 19.3 Å². The lowest BCUT2D eigenvalue weighted by Gasteiger charge is -2.47. The third-order valence-electron chi connectivity index (χ3n) is 14.9. The molecule has 22 heteroatoms. The number of fused-ring (bicyclic) bond motifs is 2. The minimum Gasteiger partial charge on any atom is -0.462 e. The highest BCUT2D eigenvalue weighted by Gasteiger charge is 2.52. The van der Waals surface area contributed by atoms with Gasteiger partial charge in [0.2, 0.25) is 11.8 Å². The number of aliphatic hydroxyl groups excluding tert-OH is 9. The summed E-state index contributed by atoms with van der Waals surface area (Å²) in [5.74, 6) is -6.15. The summed E-state index contributed by atoms with van der Waals surface area (Å²) in [6.07, 6.45) is 3.52. The van der Waals surface area contributed by atoms with E-state index in [-0.39, 0.29) is 51.2 Å². The van der Waals surface area contributed by atoms with Gasteiger partial charge in [-0.15, -0.1) is 0 Å². The molecule has 0 radical (unpaired) electrons. The lowest BCUT2D eigenvalue weighted by Crippen LogP contribution is -2.64. The first kappa shape index (κ1) is 68.4. The highest BCUT2D eigenvalue weighted by Crippen LogP contribution is 2.39. The number of carbonyl (C=O) groups excluding carboxylic acids is 3. The molecular formula is C58H94N4O18. The molecule has 4 rings (SSSR count). The van der Waals surface area contributed by atoms with Gasteiger partial charge in [0.15, 0.2) is 12.1 Å². The van der Waals surface area contributed by atoms with E-state index in [0.717, 1.165) is 0 Å². The Kier molecular flexibility index (Phi) is 28.5. The third-order valence-corrected chi connectivity index (χ3v) is 14.9. The molecule has 0 aromatic heterocycles. The van der Waals surface area contributed by atoms with Crippen LogP contribution in [0.5, 0.6) is 0 Å². The number of β-amino-alcohol motifs (C(OH)–C–C–N with tert-alkyl or cyclic N) is 1. The van der Waals surface area contributed by atoms with E-state index in [4.69, 9.17) is 18.9 Å². The largest absolute Gasteiger partial charge is 0.462 e. The summed E-state index contributed by atoms with van der Waals surface area (Å²) in [5, 5.41) is 128. The molecule has 2 bridgehead atoms. The number of ether oxygens (including phenoxy) is 4. The molecule has 0 spiro atoms. The molecule has 454 valence electrons. The van der Waals surface area contributed by atoms with Crippen LogP contribution in [0.2, 0.25) is 0 Å². The maximum Gasteiger partial charge on any atom is 0.308 e. The van der Waals surface area contributed by atoms with Crippen molar-refractivity contribution in [2.24, 2.45) is 17.8 Å². The molecule has 13 N–H and O–H groups in total. The summed E-state index contributed by atoms with van der Waals surface area (Å²) < 4.78 is 24.3. The van der Waals surface area contributed by atoms with Crippen LogP contribution < -0.4 is 10.6 Å². The molecule has 2 amide bonds. The predicted octanol–water partition coefficient (Wildman–Crippen LogP) is -0.0809. The second-order valence-corrected chi connectivity index (χ2v) is 22.7. The van der Waals surface area contributed by atoms with Gasteiger partial charge < -0.3 is 90.7 Å². The molecule has 0 aromatic carbocycles. The van der Waals surface area contributed by atoms with E-state index < -0.39 is 158 Å². The molecule has 0 aliphatic carbocycles. The number of nitrogens with zero attached hydrogens (tertiary/aromatic N) is 2. The standard InChI is InChI=1S/C58H94N4O18/c1-36-20-18-16-14-12-10-8-9-11-13-15-17-19-21-43(79-56-54(73)51(53(72)39(4)78-56)60-48(69)34-59-7)31-47-50(55(74)62-26-24-61(25-27-62)35-57(5,6)75)46(68)33-58(76,80-47)32-42(65)29-45(67)44(66)23-22-40(63)28-41(64)30-49(70)77-38(3)37(2)52(36)71/h8-21,36-47,50-54,56,59,63-68,71-73,75-76H,22-35H2,1-7H3,(H,60,69)/b9-8+,12-10+,13-11+,16-14+,17-15+,20-18+,21-19+/t36-,37-,38-,39+,40+,41+,42-,43-,44+,45+,46-,47-,50+,51-,52+,53+,54-,56-,58+/m0/s1. The van der Waals surface area contributed by atoms with Crippen molar-refractivity contribution in [2.75, 3.05) is 46.3 Å². The van der Waals surface area contributed by atoms with Gasteiger partial charge in [-0.25, -0.2) is 0 Å². The Morgan fingerprint density at radius 3 is 1.88 bits per heavy atom. The second-order valence-electron chi connectivity index (χ2n) is 22.7. The zero-order chi connectivity index (χ0) is 59.3. The first-order valence-corrected chi connectivity index (χ1v) is 28.1. The Morgan fingerprint density at radius 1 is 0.700 bits per heavy atom. The number of carbonyl (C=O) groups is 3. The molecule has 4 aliphatic rings. The maximum absolute atomic E-state index is 14.6. The zero-order valence-corrected chi connectivity index (χ0v) is 47.5. The average molecular weight is 1140 g/mol. The third kappa shape index (κ3) is 22.9. The van der Waals surface area contributed by atoms with Crippen LogP contribution in [0.3, 0.4) is 0 Å². The molecule has 80 heavy (non-hydrogen) atoms. The summed E-state index contributed by atoms with van der Waals surface area (Å²) in [6, 6.07) is -1.23. The van der Waals surface area contributed by atoms with Crippen LogP contribution in [0.1, 0.15) is 92.9 Å². The number of likely N-dealkylation sites (N-methyl/N-ethyl adjacent to an activating group) is 1. The fourth-order valence-electron chi connectivity index (χ4n) is 10.4. The van der Waals surface area contributed by atoms with Crippen LogP contribution in [-0.4, -0.2) is 233 Å². The van der Waals surface area contributed by atoms with Crippen molar-refractivity contribution in [2.45, 2.75) is 196 Å². The van der Waals surface area contributed by atoms with Gasteiger partial charge in [-0.05, 0) is 54.0 Å². The topological polar surface area (TPSA) is 341 Å². The first-order chi connectivity index (χ1) is 37.7. The Hall–Kier alpha value is -4.05. The molecule has 0 saturated carbocycles. The van der Waals surface area contributed by atoms with Gasteiger partial charge in [0, 0.05) is 70.2 Å². The van der Waals surface area contributed by atoms with Gasteiger partial charge >= 0.3 is 5.97 Å². The van der Waals surface area contributed by atoms with Crippen LogP contribution >= 0.6 is 0 Å². The fraction of sp³-hybridized carbons (Fsp3) is 0.707. The summed E-state index contributed by atoms with van der Waals surface area (Å²) in [7, 11) is 1.56. The van der Waals surface area contributed by atoms with Gasteiger partial charge in [-0.2, -0.15) is 0 Å². The lowest BCUT2D eigenvalue weighted by molar-refractivity contribution is -0.308. The fourth-order valence-corrected chi connectivity index (χ4v) is 10.4. The normalized spacial score (nSPS) is 40.8. The molecule has 3 fully saturated rings. The van der Waals surface area contributed by atoms with Crippen LogP contribution in [0.25, 0.3) is 0 Å². The van der Waals surface area contributed by atoms with Crippen molar-refractivity contribution < 1.29 is 89.5 Å². The Balaban J connectivity index is 1.67. The quantitative estimate of drug-likeness (QED) is 0.141. The van der Waals surface area contributed by atoms with E-state index in [2.05, 4.69) is 10.6 Å². The molecule has 4 heterocycles. The number of aliphatic hydroxyl groups is 11. The van der Waals surface area contributed by atoms with Crippen molar-refractivity contribution in [3.05, 3.63) is 85.1 Å². The Bertz CT molecular complexity index is 2110. The van der Waals surface area contributed by atoms with E-state index in [1.165, 1.54) is 6.92 Å². The van der Waals surface area contributed by atoms with E-state index in [1.807, 2.05) is 42.2 Å². The molecule has 0 unspecified atom stereocenters. The average Bonchev–Trinajstić information content (AvgIpc) is 3.36. The van der Waals surface area contributed by atoms with E-state index in [0.29, 0.717) is 19.6 Å².